The number of hydrogen-bond donors (Lipinski definition) is 1. The second-order valence-corrected chi connectivity index (χ2v) is 7.58. The van der Waals surface area contributed by atoms with Crippen LogP contribution in [0.4, 0.5) is 10.2 Å². The van der Waals surface area contributed by atoms with Crippen molar-refractivity contribution in [3.8, 4) is 11.6 Å². The first-order valence-corrected chi connectivity index (χ1v) is 9.01. The summed E-state index contributed by atoms with van der Waals surface area (Å²) < 4.78 is 20.2. The second kappa shape index (κ2) is 7.98. The Morgan fingerprint density at radius 1 is 1.25 bits per heavy atom. The number of hydrogen-bond acceptors (Lipinski definition) is 4. The van der Waals surface area contributed by atoms with Crippen LogP contribution in [-0.4, -0.2) is 27.3 Å². The summed E-state index contributed by atoms with van der Waals surface area (Å²) in [5.41, 5.74) is 0.598. The highest BCUT2D eigenvalue weighted by Gasteiger charge is 2.22. The quantitative estimate of drug-likeness (QED) is 0.687. The van der Waals surface area contributed by atoms with Crippen LogP contribution in [0.1, 0.15) is 26.5 Å². The molecule has 28 heavy (non-hydrogen) atoms. The summed E-state index contributed by atoms with van der Waals surface area (Å²) >= 11 is 5.72. The molecular weight excluding hydrogens is 383 g/mol. The number of carbonyl (C=O) groups is 1. The second-order valence-electron chi connectivity index (χ2n) is 7.18. The number of ether oxygens (including phenoxy) is 1. The Balaban J connectivity index is 1.77. The van der Waals surface area contributed by atoms with E-state index in [0.29, 0.717) is 17.4 Å². The molecule has 0 aliphatic carbocycles. The summed E-state index contributed by atoms with van der Waals surface area (Å²) in [5, 5.41) is 7.30. The van der Waals surface area contributed by atoms with Crippen LogP contribution in [0.3, 0.4) is 0 Å². The minimum absolute atomic E-state index is 0.0686. The van der Waals surface area contributed by atoms with Gasteiger partial charge in [-0.25, -0.2) is 9.37 Å². The molecule has 2 heterocycles. The number of nitrogens with one attached hydrogen (secondary N) is 1. The Labute approximate surface area is 167 Å². The fraction of sp³-hybridized carbons (Fsp3) is 0.250. The van der Waals surface area contributed by atoms with E-state index in [2.05, 4.69) is 15.4 Å². The van der Waals surface area contributed by atoms with Crippen LogP contribution < -0.4 is 10.1 Å². The first-order valence-electron chi connectivity index (χ1n) is 8.64. The van der Waals surface area contributed by atoms with Crippen LogP contribution in [0, 0.1) is 5.82 Å². The van der Waals surface area contributed by atoms with Gasteiger partial charge in [-0.15, -0.1) is 0 Å². The van der Waals surface area contributed by atoms with E-state index in [4.69, 9.17) is 16.3 Å². The van der Waals surface area contributed by atoms with Crippen LogP contribution in [0.25, 0.3) is 5.82 Å². The molecule has 0 atom stereocenters. The molecule has 0 saturated carbocycles. The summed E-state index contributed by atoms with van der Waals surface area (Å²) in [6.07, 6.45) is 1.65. The first kappa shape index (κ1) is 19.8. The maximum Gasteiger partial charge on any atom is 0.263 e. The summed E-state index contributed by atoms with van der Waals surface area (Å²) in [7, 11) is 0. The van der Waals surface area contributed by atoms with E-state index in [-0.39, 0.29) is 17.0 Å². The van der Waals surface area contributed by atoms with Crippen molar-refractivity contribution in [3.63, 3.8) is 0 Å². The zero-order valence-electron chi connectivity index (χ0n) is 15.7. The molecule has 146 valence electrons. The van der Waals surface area contributed by atoms with Crippen LogP contribution in [-0.2, 0) is 10.2 Å². The Hall–Kier alpha value is -2.93. The van der Waals surface area contributed by atoms with E-state index >= 15 is 0 Å². The predicted octanol–water partition coefficient (Wildman–Crippen LogP) is 4.37. The largest absolute Gasteiger partial charge is 0.484 e. The van der Waals surface area contributed by atoms with Crippen molar-refractivity contribution in [1.29, 1.82) is 0 Å². The van der Waals surface area contributed by atoms with E-state index in [1.165, 1.54) is 18.2 Å². The normalized spacial score (nSPS) is 11.3. The minimum atomic E-state index is -0.549. The smallest absolute Gasteiger partial charge is 0.263 e. The van der Waals surface area contributed by atoms with Crippen LogP contribution >= 0.6 is 11.6 Å². The molecule has 0 aliphatic heterocycles. The van der Waals surface area contributed by atoms with E-state index in [1.54, 1.807) is 29.1 Å². The molecule has 0 bridgehead atoms. The molecule has 0 spiro atoms. The molecule has 3 rings (SSSR count). The molecule has 2 aromatic heterocycles. The summed E-state index contributed by atoms with van der Waals surface area (Å²) in [5.74, 6) is 0.425. The summed E-state index contributed by atoms with van der Waals surface area (Å²) in [4.78, 5) is 16.7. The van der Waals surface area contributed by atoms with Gasteiger partial charge < -0.3 is 10.1 Å². The lowest BCUT2D eigenvalue weighted by Crippen LogP contribution is -2.22. The molecule has 8 heteroatoms. The summed E-state index contributed by atoms with van der Waals surface area (Å²) in [6.45, 7) is 5.83. The van der Waals surface area contributed by atoms with Crippen molar-refractivity contribution in [2.75, 3.05) is 11.9 Å². The van der Waals surface area contributed by atoms with Crippen LogP contribution in [0.15, 0.2) is 48.7 Å². The van der Waals surface area contributed by atoms with Gasteiger partial charge in [-0.1, -0.05) is 38.4 Å². The van der Waals surface area contributed by atoms with Gasteiger partial charge >= 0.3 is 0 Å². The SMILES string of the molecule is CC(C)(C)c1cc(NC(=O)COc2ccc(F)c(Cl)c2)n(-c2ccccn2)n1. The topological polar surface area (TPSA) is 69.0 Å². The molecule has 3 aromatic rings. The van der Waals surface area contributed by atoms with Gasteiger partial charge in [0.15, 0.2) is 12.4 Å². The third-order valence-electron chi connectivity index (χ3n) is 3.87. The highest BCUT2D eigenvalue weighted by Crippen LogP contribution is 2.26. The van der Waals surface area contributed by atoms with Gasteiger partial charge in [0.05, 0.1) is 10.7 Å². The Morgan fingerprint density at radius 2 is 2.04 bits per heavy atom. The number of benzene rings is 1. The van der Waals surface area contributed by atoms with Gasteiger partial charge in [-0.05, 0) is 24.3 Å². The number of anilines is 1. The van der Waals surface area contributed by atoms with Crippen molar-refractivity contribution < 1.29 is 13.9 Å². The number of carbonyl (C=O) groups excluding carboxylic acids is 1. The van der Waals surface area contributed by atoms with Gasteiger partial charge in [-0.3, -0.25) is 4.79 Å². The lowest BCUT2D eigenvalue weighted by atomic mass is 9.92. The zero-order valence-corrected chi connectivity index (χ0v) is 16.5. The lowest BCUT2D eigenvalue weighted by Gasteiger charge is -2.13. The van der Waals surface area contributed by atoms with Gasteiger partial charge in [0.25, 0.3) is 5.91 Å². The monoisotopic (exact) mass is 402 g/mol. The van der Waals surface area contributed by atoms with E-state index in [1.807, 2.05) is 26.8 Å². The highest BCUT2D eigenvalue weighted by molar-refractivity contribution is 6.30. The maximum absolute atomic E-state index is 13.2. The standard InChI is InChI=1S/C20H20ClFN4O2/c1-20(2,3)16-11-18(26(25-16)17-6-4-5-9-23-17)24-19(27)12-28-13-7-8-15(22)14(21)10-13/h4-11H,12H2,1-3H3,(H,24,27). The average molecular weight is 403 g/mol. The Kier molecular flexibility index (Phi) is 5.65. The van der Waals surface area contributed by atoms with E-state index in [0.717, 1.165) is 5.69 Å². The zero-order chi connectivity index (χ0) is 20.3. The molecule has 6 nitrogen and oxygen atoms in total. The molecule has 0 aliphatic rings. The maximum atomic E-state index is 13.2. The van der Waals surface area contributed by atoms with Gasteiger partial charge in [0, 0.05) is 23.7 Å². The van der Waals surface area contributed by atoms with Crippen molar-refractivity contribution in [3.05, 3.63) is 65.2 Å². The third kappa shape index (κ3) is 4.67. The molecule has 0 saturated heterocycles. The number of nitrogens with zero attached hydrogens (tertiary/aromatic N) is 3. The molecule has 1 amide bonds. The molecular formula is C20H20ClFN4O2. The fourth-order valence-electron chi connectivity index (χ4n) is 2.38. The average Bonchev–Trinajstić information content (AvgIpc) is 3.07. The highest BCUT2D eigenvalue weighted by atomic mass is 35.5. The minimum Gasteiger partial charge on any atom is -0.484 e. The number of aromatic nitrogens is 3. The molecule has 1 aromatic carbocycles. The van der Waals surface area contributed by atoms with Gasteiger partial charge in [-0.2, -0.15) is 9.78 Å². The number of rotatable bonds is 5. The van der Waals surface area contributed by atoms with Crippen molar-refractivity contribution in [2.45, 2.75) is 26.2 Å². The molecule has 0 unspecified atom stereocenters. The molecule has 0 fully saturated rings. The lowest BCUT2D eigenvalue weighted by molar-refractivity contribution is -0.118. The van der Waals surface area contributed by atoms with Crippen molar-refractivity contribution in [2.24, 2.45) is 0 Å². The van der Waals surface area contributed by atoms with Crippen LogP contribution in [0.2, 0.25) is 5.02 Å². The first-order chi connectivity index (χ1) is 13.2. The number of pyridine rings is 1. The van der Waals surface area contributed by atoms with E-state index in [9.17, 15) is 9.18 Å². The van der Waals surface area contributed by atoms with E-state index < -0.39 is 11.7 Å². The Bertz CT molecular complexity index is 984. The van der Waals surface area contributed by atoms with Crippen LogP contribution in [0.5, 0.6) is 5.75 Å². The predicted molar refractivity (Wildman–Crippen MR) is 106 cm³/mol. The molecule has 1 N–H and O–H groups in total. The number of halogens is 2. The van der Waals surface area contributed by atoms with Gasteiger partial charge in [0.2, 0.25) is 0 Å². The number of amides is 1. The summed E-state index contributed by atoms with van der Waals surface area (Å²) in [6, 6.07) is 11.2. The third-order valence-corrected chi connectivity index (χ3v) is 4.16. The Morgan fingerprint density at radius 3 is 2.68 bits per heavy atom. The molecule has 0 radical (unpaired) electrons. The van der Waals surface area contributed by atoms with Gasteiger partial charge in [0.1, 0.15) is 17.4 Å². The van der Waals surface area contributed by atoms with Crippen molar-refractivity contribution in [1.82, 2.24) is 14.8 Å². The fourth-order valence-corrected chi connectivity index (χ4v) is 2.56. The van der Waals surface area contributed by atoms with Crippen molar-refractivity contribution >= 4 is 23.3 Å².